The van der Waals surface area contributed by atoms with E-state index in [1.165, 1.54) is 11.1 Å². The Labute approximate surface area is 307 Å². The highest BCUT2D eigenvalue weighted by Gasteiger charge is 2.44. The predicted octanol–water partition coefficient (Wildman–Crippen LogP) is 7.01. The monoisotopic (exact) mass is 735 g/mol. The standard InChI is InChI=1S/C39H50ClN5O5S/c1-5-9-27(23-49-37-17-19-45(7-3)42-37)24-51(41,47)43-38(46)29-12-16-36-34(21-29)44(22-30-11-14-32(30)35(6-2)48-4)25-39(26-50-36)18-8-10-28-20-31(40)13-15-33(28)39/h5-6,12-13,15-17,19-21,27,30,32,35H,1-2,7-11,14,18,22-26H2,3-4H3,(H2,41,43,46,47)/t27-,30+,32-,35+,39+,51+/m1/s1. The summed E-state index contributed by atoms with van der Waals surface area (Å²) >= 11 is 6.44. The average Bonchev–Trinajstić information content (AvgIpc) is 3.51. The topological polar surface area (TPSA) is 121 Å². The lowest BCUT2D eigenvalue weighted by Crippen LogP contribution is -2.49. The molecule has 10 nitrogen and oxygen atoms in total. The fraction of sp³-hybridized carbons (Fsp3) is 0.487. The van der Waals surface area contributed by atoms with Crippen LogP contribution in [-0.2, 0) is 33.0 Å². The number of allylic oxidation sites excluding steroid dienone is 1. The van der Waals surface area contributed by atoms with E-state index in [0.29, 0.717) is 48.6 Å². The lowest BCUT2D eigenvalue weighted by Gasteiger charge is -2.46. The van der Waals surface area contributed by atoms with Crippen molar-refractivity contribution in [3.8, 4) is 11.6 Å². The lowest BCUT2D eigenvalue weighted by molar-refractivity contribution is 0.0135. The summed E-state index contributed by atoms with van der Waals surface area (Å²) in [6, 6.07) is 13.3. The zero-order valence-electron chi connectivity index (χ0n) is 29.7. The van der Waals surface area contributed by atoms with Gasteiger partial charge in [0.1, 0.15) is 15.7 Å². The van der Waals surface area contributed by atoms with E-state index >= 15 is 0 Å². The van der Waals surface area contributed by atoms with Crippen molar-refractivity contribution in [2.24, 2.45) is 27.3 Å². The Morgan fingerprint density at radius 3 is 2.80 bits per heavy atom. The van der Waals surface area contributed by atoms with E-state index in [-0.39, 0.29) is 29.8 Å². The number of aryl methyl sites for hydroxylation is 2. The number of hydrogen-bond donors (Lipinski definition) is 1. The van der Waals surface area contributed by atoms with Gasteiger partial charge in [-0.25, -0.2) is 9.35 Å². The second-order valence-electron chi connectivity index (χ2n) is 14.2. The second kappa shape index (κ2) is 15.9. The van der Waals surface area contributed by atoms with Crippen LogP contribution in [-0.4, -0.2) is 65.2 Å². The van der Waals surface area contributed by atoms with Gasteiger partial charge in [0, 0.05) is 60.9 Å². The molecule has 51 heavy (non-hydrogen) atoms. The molecule has 0 bridgehead atoms. The third kappa shape index (κ3) is 8.38. The number of carbonyl (C=O) groups is 1. The van der Waals surface area contributed by atoms with Crippen molar-refractivity contribution in [1.29, 1.82) is 0 Å². The Morgan fingerprint density at radius 1 is 1.25 bits per heavy atom. The molecule has 2 heterocycles. The molecule has 3 aliphatic rings. The van der Waals surface area contributed by atoms with Crippen molar-refractivity contribution < 1.29 is 23.2 Å². The van der Waals surface area contributed by atoms with E-state index in [1.54, 1.807) is 30.0 Å². The van der Waals surface area contributed by atoms with Crippen LogP contribution >= 0.6 is 11.6 Å². The SMILES string of the molecule is C=CC[C@H](COc1ccn(CC)n1)C[S@@](N)(=O)=NC(=O)c1ccc2c(c1)N(C[C@@H]1CC[C@H]1[C@H](C=C)OC)C[C@@]1(CCCc3cc(Cl)ccc31)CO2. The molecule has 3 aromatic rings. The molecule has 274 valence electrons. The fourth-order valence-corrected chi connectivity index (χ4v) is 9.58. The molecule has 1 fully saturated rings. The van der Waals surface area contributed by atoms with Crippen LogP contribution in [0, 0.1) is 17.8 Å². The van der Waals surface area contributed by atoms with E-state index < -0.39 is 15.8 Å². The highest BCUT2D eigenvalue weighted by molar-refractivity contribution is 7.91. The number of benzene rings is 2. The van der Waals surface area contributed by atoms with Gasteiger partial charge >= 0.3 is 0 Å². The van der Waals surface area contributed by atoms with Crippen LogP contribution in [0.2, 0.25) is 5.02 Å². The van der Waals surface area contributed by atoms with Crippen LogP contribution in [0.15, 0.2) is 78.3 Å². The summed E-state index contributed by atoms with van der Waals surface area (Å²) in [5, 5.41) is 11.3. The zero-order valence-corrected chi connectivity index (χ0v) is 31.2. The number of aromatic nitrogens is 2. The first-order valence-corrected chi connectivity index (χ1v) is 20.0. The van der Waals surface area contributed by atoms with Crippen LogP contribution < -0.4 is 19.5 Å². The van der Waals surface area contributed by atoms with Crippen molar-refractivity contribution >= 4 is 33.1 Å². The van der Waals surface area contributed by atoms with Gasteiger partial charge in [-0.3, -0.25) is 9.48 Å². The smallest absolute Gasteiger partial charge is 0.286 e. The van der Waals surface area contributed by atoms with Gasteiger partial charge in [-0.2, -0.15) is 0 Å². The molecule has 1 aromatic heterocycles. The summed E-state index contributed by atoms with van der Waals surface area (Å²) in [7, 11) is -1.66. The van der Waals surface area contributed by atoms with Gasteiger partial charge in [0.05, 0.1) is 30.8 Å². The molecule has 1 saturated carbocycles. The highest BCUT2D eigenvalue weighted by atomic mass is 35.5. The highest BCUT2D eigenvalue weighted by Crippen LogP contribution is 2.47. The van der Waals surface area contributed by atoms with Crippen molar-refractivity contribution in [2.45, 2.75) is 63.5 Å². The summed E-state index contributed by atoms with van der Waals surface area (Å²) in [5.41, 5.74) is 3.40. The Hall–Kier alpha value is -3.64. The summed E-state index contributed by atoms with van der Waals surface area (Å²) in [6.07, 6.45) is 11.0. The lowest BCUT2D eigenvalue weighted by atomic mass is 9.68. The van der Waals surface area contributed by atoms with Crippen LogP contribution in [0.4, 0.5) is 5.69 Å². The zero-order chi connectivity index (χ0) is 36.2. The molecular formula is C39H50ClN5O5S. The number of methoxy groups -OCH3 is 1. The molecule has 1 spiro atoms. The molecular weight excluding hydrogens is 686 g/mol. The van der Waals surface area contributed by atoms with Gasteiger partial charge in [0.25, 0.3) is 5.91 Å². The molecule has 1 aliphatic heterocycles. The van der Waals surface area contributed by atoms with Gasteiger partial charge in [-0.05, 0) is 98.7 Å². The number of nitrogens with zero attached hydrogens (tertiary/aromatic N) is 4. The van der Waals surface area contributed by atoms with E-state index in [9.17, 15) is 9.00 Å². The van der Waals surface area contributed by atoms with Crippen LogP contribution in [0.3, 0.4) is 0 Å². The molecule has 2 aromatic carbocycles. The minimum atomic E-state index is -3.40. The second-order valence-corrected chi connectivity index (χ2v) is 16.5. The Bertz CT molecular complexity index is 1870. The number of halogens is 1. The molecule has 1 amide bonds. The van der Waals surface area contributed by atoms with Gasteiger partial charge in [-0.15, -0.1) is 22.6 Å². The quantitative estimate of drug-likeness (QED) is 0.177. The van der Waals surface area contributed by atoms with Crippen LogP contribution in [0.25, 0.3) is 0 Å². The third-order valence-electron chi connectivity index (χ3n) is 10.8. The molecule has 0 unspecified atom stereocenters. The number of fused-ring (bicyclic) bond motifs is 3. The first-order chi connectivity index (χ1) is 24.6. The average molecular weight is 736 g/mol. The van der Waals surface area contributed by atoms with Crippen molar-refractivity contribution in [3.05, 3.63) is 95.7 Å². The number of anilines is 1. The maximum atomic E-state index is 13.7. The van der Waals surface area contributed by atoms with Crippen molar-refractivity contribution in [2.75, 3.05) is 44.1 Å². The molecule has 12 heteroatoms. The largest absolute Gasteiger partial charge is 0.490 e. The van der Waals surface area contributed by atoms with E-state index in [2.05, 4.69) is 39.7 Å². The van der Waals surface area contributed by atoms with Crippen LogP contribution in [0.1, 0.15) is 60.5 Å². The maximum Gasteiger partial charge on any atom is 0.286 e. The van der Waals surface area contributed by atoms with Crippen molar-refractivity contribution in [3.63, 3.8) is 0 Å². The third-order valence-corrected chi connectivity index (χ3v) is 12.4. The number of rotatable bonds is 14. The van der Waals surface area contributed by atoms with Gasteiger partial charge in [0.2, 0.25) is 5.88 Å². The number of carbonyl (C=O) groups excluding carboxylic acids is 1. The predicted molar refractivity (Wildman–Crippen MR) is 203 cm³/mol. The molecule has 0 saturated heterocycles. The summed E-state index contributed by atoms with van der Waals surface area (Å²) in [5.74, 6) is 0.964. The van der Waals surface area contributed by atoms with E-state index in [4.69, 9.17) is 31.0 Å². The fourth-order valence-electron chi connectivity index (χ4n) is 8.02. The molecule has 6 rings (SSSR count). The minimum Gasteiger partial charge on any atom is -0.490 e. The normalized spacial score (nSPS) is 23.3. The molecule has 6 atom stereocenters. The summed E-state index contributed by atoms with van der Waals surface area (Å²) in [6.45, 7) is 12.8. The Morgan fingerprint density at radius 2 is 2.10 bits per heavy atom. The van der Waals surface area contributed by atoms with Crippen molar-refractivity contribution in [1.82, 2.24) is 9.78 Å². The maximum absolute atomic E-state index is 13.7. The van der Waals surface area contributed by atoms with Gasteiger partial charge in [-0.1, -0.05) is 29.8 Å². The molecule has 0 radical (unpaired) electrons. The molecule has 2 aliphatic carbocycles. The number of nitrogens with two attached hydrogens (primary N) is 1. The van der Waals surface area contributed by atoms with Gasteiger partial charge < -0.3 is 19.1 Å². The van der Waals surface area contributed by atoms with E-state index in [0.717, 1.165) is 55.9 Å². The number of amides is 1. The van der Waals surface area contributed by atoms with Crippen LogP contribution in [0.5, 0.6) is 11.6 Å². The Balaban J connectivity index is 1.27. The molecule has 2 N–H and O–H groups in total. The van der Waals surface area contributed by atoms with E-state index in [1.807, 2.05) is 37.4 Å². The van der Waals surface area contributed by atoms with Gasteiger partial charge in [0.15, 0.2) is 0 Å². The Kier molecular flexibility index (Phi) is 11.6. The first kappa shape index (κ1) is 37.1. The summed E-state index contributed by atoms with van der Waals surface area (Å²) in [4.78, 5) is 16.1. The number of hydrogen-bond acceptors (Lipinski definition) is 7. The minimum absolute atomic E-state index is 0.0219. The summed E-state index contributed by atoms with van der Waals surface area (Å²) < 4.78 is 37.8. The first-order valence-electron chi connectivity index (χ1n) is 17.9. The number of ether oxygens (including phenoxy) is 3.